The van der Waals surface area contributed by atoms with Crippen LogP contribution in [0.15, 0.2) is 48.5 Å². The van der Waals surface area contributed by atoms with Gasteiger partial charge in [-0.1, -0.05) is 49.7 Å². The number of hydrogen-bond acceptors (Lipinski definition) is 0. The van der Waals surface area contributed by atoms with E-state index in [1.807, 2.05) is 12.1 Å². The Labute approximate surface area is 178 Å². The molecule has 5 heteroatoms. The molecule has 0 N–H and O–H groups in total. The Morgan fingerprint density at radius 3 is 1.68 bits per heavy atom. The van der Waals surface area contributed by atoms with Crippen LogP contribution in [-0.2, 0) is 0 Å². The first-order chi connectivity index (χ1) is 14.9. The molecule has 0 amide bonds. The molecule has 0 saturated heterocycles. The number of rotatable bonds is 4. The van der Waals surface area contributed by atoms with E-state index in [1.54, 1.807) is 12.1 Å². The van der Waals surface area contributed by atoms with E-state index in [0.29, 0.717) is 23.6 Å². The molecule has 1 aliphatic rings. The van der Waals surface area contributed by atoms with Crippen LogP contribution < -0.4 is 0 Å². The molecule has 1 fully saturated rings. The zero-order chi connectivity index (χ0) is 22.1. The summed E-state index contributed by atoms with van der Waals surface area (Å²) in [6, 6.07) is 11.4. The minimum Gasteiger partial charge on any atom is -0.204 e. The van der Waals surface area contributed by atoms with Gasteiger partial charge in [0.1, 0.15) is 0 Å². The number of benzene rings is 3. The Bertz CT molecular complexity index is 1060. The zero-order valence-corrected chi connectivity index (χ0v) is 17.2. The SMILES string of the molecule is CCC1CCC(c2ccc(-c3ccc(-c4cc(F)c(F)c(F)c4)c(F)c3F)cc2)CC1. The van der Waals surface area contributed by atoms with E-state index in [-0.39, 0.29) is 16.7 Å². The fourth-order valence-corrected chi connectivity index (χ4v) is 4.55. The molecule has 0 aliphatic heterocycles. The van der Waals surface area contributed by atoms with Crippen LogP contribution in [0, 0.1) is 35.0 Å². The monoisotopic (exact) mass is 430 g/mol. The van der Waals surface area contributed by atoms with E-state index >= 15 is 0 Å². The van der Waals surface area contributed by atoms with E-state index in [4.69, 9.17) is 0 Å². The fourth-order valence-electron chi connectivity index (χ4n) is 4.55. The molecule has 1 aliphatic carbocycles. The van der Waals surface area contributed by atoms with Gasteiger partial charge in [0.2, 0.25) is 0 Å². The smallest absolute Gasteiger partial charge is 0.194 e. The first kappa shape index (κ1) is 21.5. The van der Waals surface area contributed by atoms with Gasteiger partial charge >= 0.3 is 0 Å². The van der Waals surface area contributed by atoms with Crippen molar-refractivity contribution in [1.29, 1.82) is 0 Å². The summed E-state index contributed by atoms with van der Waals surface area (Å²) in [5.74, 6) is -5.61. The van der Waals surface area contributed by atoms with Crippen LogP contribution in [0.2, 0.25) is 0 Å². The molecule has 31 heavy (non-hydrogen) atoms. The Morgan fingerprint density at radius 2 is 1.16 bits per heavy atom. The molecule has 0 nitrogen and oxygen atoms in total. The summed E-state index contributed by atoms with van der Waals surface area (Å²) in [5.41, 5.74) is 1.18. The molecule has 1 saturated carbocycles. The standard InChI is InChI=1S/C26H23F5/c1-2-15-3-5-16(6-4-15)17-7-9-18(10-8-17)20-11-12-21(25(30)24(20)29)19-13-22(27)26(31)23(28)14-19/h7-16H,2-6H2,1H3. The third kappa shape index (κ3) is 4.23. The molecule has 3 aromatic rings. The van der Waals surface area contributed by atoms with Crippen LogP contribution in [0.1, 0.15) is 50.5 Å². The highest BCUT2D eigenvalue weighted by molar-refractivity contribution is 5.72. The number of halogens is 5. The van der Waals surface area contributed by atoms with Crippen molar-refractivity contribution < 1.29 is 22.0 Å². The molecule has 0 spiro atoms. The van der Waals surface area contributed by atoms with Crippen LogP contribution in [0.5, 0.6) is 0 Å². The molecule has 0 atom stereocenters. The highest BCUT2D eigenvalue weighted by Gasteiger charge is 2.22. The first-order valence-electron chi connectivity index (χ1n) is 10.6. The van der Waals surface area contributed by atoms with Crippen molar-refractivity contribution >= 4 is 0 Å². The van der Waals surface area contributed by atoms with E-state index in [1.165, 1.54) is 37.0 Å². The van der Waals surface area contributed by atoms with Gasteiger partial charge in [-0.25, -0.2) is 22.0 Å². The van der Waals surface area contributed by atoms with Gasteiger partial charge in [-0.05, 0) is 66.3 Å². The third-order valence-corrected chi connectivity index (χ3v) is 6.49. The minimum absolute atomic E-state index is 0.0607. The molecule has 162 valence electrons. The van der Waals surface area contributed by atoms with Crippen LogP contribution >= 0.6 is 0 Å². The van der Waals surface area contributed by atoms with Crippen molar-refractivity contribution in [3.05, 3.63) is 83.2 Å². The molecular formula is C26H23F5. The first-order valence-corrected chi connectivity index (χ1v) is 10.6. The summed E-state index contributed by atoms with van der Waals surface area (Å²) in [4.78, 5) is 0. The normalized spacial score (nSPS) is 18.9. The average molecular weight is 430 g/mol. The minimum atomic E-state index is -1.65. The van der Waals surface area contributed by atoms with E-state index in [9.17, 15) is 22.0 Å². The van der Waals surface area contributed by atoms with Gasteiger partial charge in [-0.15, -0.1) is 0 Å². The summed E-state index contributed by atoms with van der Waals surface area (Å²) < 4.78 is 69.7. The maximum Gasteiger partial charge on any atom is 0.194 e. The lowest BCUT2D eigenvalue weighted by atomic mass is 9.77. The van der Waals surface area contributed by atoms with Crippen molar-refractivity contribution in [3.63, 3.8) is 0 Å². The lowest BCUT2D eigenvalue weighted by Crippen LogP contribution is -2.12. The van der Waals surface area contributed by atoms with Gasteiger partial charge in [0, 0.05) is 11.1 Å². The second kappa shape index (κ2) is 8.81. The highest BCUT2D eigenvalue weighted by atomic mass is 19.2. The molecule has 0 unspecified atom stereocenters. The van der Waals surface area contributed by atoms with Crippen molar-refractivity contribution in [1.82, 2.24) is 0 Å². The van der Waals surface area contributed by atoms with Crippen molar-refractivity contribution in [2.24, 2.45) is 5.92 Å². The van der Waals surface area contributed by atoms with E-state index in [0.717, 1.165) is 18.8 Å². The Balaban J connectivity index is 1.60. The van der Waals surface area contributed by atoms with E-state index < -0.39 is 29.1 Å². The van der Waals surface area contributed by atoms with Gasteiger partial charge < -0.3 is 0 Å². The summed E-state index contributed by atoms with van der Waals surface area (Å²) in [7, 11) is 0. The molecule has 0 radical (unpaired) electrons. The fraction of sp³-hybridized carbons (Fsp3) is 0.308. The molecule has 0 aromatic heterocycles. The lowest BCUT2D eigenvalue weighted by molar-refractivity contribution is 0.319. The van der Waals surface area contributed by atoms with Crippen LogP contribution in [0.3, 0.4) is 0 Å². The summed E-state index contributed by atoms with van der Waals surface area (Å²) in [6.07, 6.45) is 5.92. The largest absolute Gasteiger partial charge is 0.204 e. The molecule has 3 aromatic carbocycles. The summed E-state index contributed by atoms with van der Waals surface area (Å²) >= 11 is 0. The molecule has 0 heterocycles. The predicted octanol–water partition coefficient (Wildman–Crippen LogP) is 8.40. The Morgan fingerprint density at radius 1 is 0.645 bits per heavy atom. The average Bonchev–Trinajstić information content (AvgIpc) is 2.79. The summed E-state index contributed by atoms with van der Waals surface area (Å²) in [6.45, 7) is 2.22. The van der Waals surface area contributed by atoms with Gasteiger partial charge in [0.05, 0.1) is 0 Å². The highest BCUT2D eigenvalue weighted by Crippen LogP contribution is 2.38. The van der Waals surface area contributed by atoms with E-state index in [2.05, 4.69) is 6.92 Å². The maximum absolute atomic E-state index is 14.8. The second-order valence-electron chi connectivity index (χ2n) is 8.29. The van der Waals surface area contributed by atoms with Gasteiger partial charge in [-0.3, -0.25) is 0 Å². The zero-order valence-electron chi connectivity index (χ0n) is 17.2. The van der Waals surface area contributed by atoms with Crippen molar-refractivity contribution in [2.45, 2.75) is 44.9 Å². The summed E-state index contributed by atoms with van der Waals surface area (Å²) in [5, 5.41) is 0. The van der Waals surface area contributed by atoms with Crippen molar-refractivity contribution in [3.8, 4) is 22.3 Å². The van der Waals surface area contributed by atoms with Crippen molar-refractivity contribution in [2.75, 3.05) is 0 Å². The lowest BCUT2D eigenvalue weighted by Gasteiger charge is -2.28. The van der Waals surface area contributed by atoms with Gasteiger partial charge in [0.25, 0.3) is 0 Å². The maximum atomic E-state index is 14.8. The topological polar surface area (TPSA) is 0 Å². The van der Waals surface area contributed by atoms with Gasteiger partial charge in [0.15, 0.2) is 29.1 Å². The van der Waals surface area contributed by atoms with Crippen LogP contribution in [0.4, 0.5) is 22.0 Å². The third-order valence-electron chi connectivity index (χ3n) is 6.49. The molecular weight excluding hydrogens is 407 g/mol. The Hall–Kier alpha value is -2.69. The molecule has 0 bridgehead atoms. The number of hydrogen-bond donors (Lipinski definition) is 0. The van der Waals surface area contributed by atoms with Crippen LogP contribution in [0.25, 0.3) is 22.3 Å². The van der Waals surface area contributed by atoms with Gasteiger partial charge in [-0.2, -0.15) is 0 Å². The predicted molar refractivity (Wildman–Crippen MR) is 112 cm³/mol. The quantitative estimate of drug-likeness (QED) is 0.288. The second-order valence-corrected chi connectivity index (χ2v) is 8.29. The molecule has 4 rings (SSSR count). The Kier molecular flexibility index (Phi) is 6.12. The van der Waals surface area contributed by atoms with Crippen LogP contribution in [-0.4, -0.2) is 0 Å².